The first-order valence-electron chi connectivity index (χ1n) is 16.6. The van der Waals surface area contributed by atoms with E-state index in [0.717, 1.165) is 49.4 Å². The summed E-state index contributed by atoms with van der Waals surface area (Å²) in [5.41, 5.74) is 10.5. The number of rotatable bonds is 20. The first-order chi connectivity index (χ1) is 20.9. The number of unbranched alkanes of at least 4 members (excludes halogenated alkanes) is 8. The average Bonchev–Trinajstić information content (AvgIpc) is 3.46. The van der Waals surface area contributed by atoms with Crippen molar-refractivity contribution in [2.75, 3.05) is 53.4 Å². The summed E-state index contributed by atoms with van der Waals surface area (Å²) >= 11 is 0. The zero-order valence-electron chi connectivity index (χ0n) is 27.2. The van der Waals surface area contributed by atoms with Crippen molar-refractivity contribution in [1.29, 1.82) is 0 Å². The summed E-state index contributed by atoms with van der Waals surface area (Å²) in [6, 6.07) is -1.52. The van der Waals surface area contributed by atoms with Crippen LogP contribution in [0.25, 0.3) is 0 Å². The molecule has 1 saturated heterocycles. The summed E-state index contributed by atoms with van der Waals surface area (Å²) in [6.45, 7) is 5.90. The van der Waals surface area contributed by atoms with E-state index in [4.69, 9.17) is 16.2 Å². The van der Waals surface area contributed by atoms with E-state index in [1.54, 1.807) is 4.90 Å². The molecule has 14 heteroatoms. The number of carbonyl (C=O) groups is 2. The minimum atomic E-state index is -2.14. The van der Waals surface area contributed by atoms with Gasteiger partial charge in [-0.1, -0.05) is 32.6 Å². The number of ether oxygens (including phenoxy) is 1. The van der Waals surface area contributed by atoms with Gasteiger partial charge < -0.3 is 51.8 Å². The molecule has 0 bridgehead atoms. The van der Waals surface area contributed by atoms with Crippen molar-refractivity contribution in [2.45, 2.75) is 114 Å². The Morgan fingerprint density at radius 3 is 2.30 bits per heavy atom. The fraction of sp³-hybridized carbons (Fsp3) is 0.867. The number of quaternary nitrogens is 1. The molecule has 2 amide bonds. The summed E-state index contributed by atoms with van der Waals surface area (Å²) < 4.78 is 6.43. The molecule has 0 aliphatic carbocycles. The van der Waals surface area contributed by atoms with Crippen LogP contribution in [0.2, 0.25) is 0 Å². The standard InChI is InChI=1S/C30H57N9O5/c1-4-5-6-13-20-39(2,3)21-14-9-10-15-24(40)33-17-11-7-8-12-18-34-28(41)44-22-23-25-30(37-26(31)36-25)29(42,43)16-19-38(30)27(32)35-23/h23,25,42-43H,4-22H2,1-3H3,(H6-,31,32,33,34,35,36,37,40,41)/p+1/t23?,25-,30?/m0/s1. The van der Waals surface area contributed by atoms with E-state index >= 15 is 0 Å². The molecule has 14 nitrogen and oxygen atoms in total. The maximum absolute atomic E-state index is 12.3. The Kier molecular flexibility index (Phi) is 13.3. The van der Waals surface area contributed by atoms with Gasteiger partial charge in [0.25, 0.3) is 0 Å². The highest BCUT2D eigenvalue weighted by molar-refractivity contribution is 5.87. The molecule has 0 aromatic heterocycles. The first kappa shape index (κ1) is 35.6. The van der Waals surface area contributed by atoms with E-state index in [0.29, 0.717) is 19.5 Å². The molecule has 252 valence electrons. The van der Waals surface area contributed by atoms with Gasteiger partial charge in [0.2, 0.25) is 11.7 Å². The second-order valence-corrected chi connectivity index (χ2v) is 13.2. The fourth-order valence-electron chi connectivity index (χ4n) is 6.46. The third-order valence-electron chi connectivity index (χ3n) is 9.05. The molecule has 1 fully saturated rings. The molecular formula is C30H58N9O5+. The van der Waals surface area contributed by atoms with Gasteiger partial charge >= 0.3 is 6.09 Å². The smallest absolute Gasteiger partial charge is 0.407 e. The van der Waals surface area contributed by atoms with Crippen molar-refractivity contribution in [3.8, 4) is 0 Å². The molecule has 3 aliphatic heterocycles. The molecular weight excluding hydrogens is 566 g/mol. The Morgan fingerprint density at radius 1 is 0.977 bits per heavy atom. The number of carbonyl (C=O) groups excluding carboxylic acids is 2. The highest BCUT2D eigenvalue weighted by Crippen LogP contribution is 2.44. The van der Waals surface area contributed by atoms with Gasteiger partial charge in [0.15, 0.2) is 17.6 Å². The lowest BCUT2D eigenvalue weighted by molar-refractivity contribution is -0.890. The third-order valence-corrected chi connectivity index (χ3v) is 9.05. The summed E-state index contributed by atoms with van der Waals surface area (Å²) in [7, 11) is 4.62. The first-order valence-corrected chi connectivity index (χ1v) is 16.6. The van der Waals surface area contributed by atoms with Gasteiger partial charge in [0.05, 0.1) is 27.2 Å². The minimum absolute atomic E-state index is 0.0353. The molecule has 3 heterocycles. The van der Waals surface area contributed by atoms with E-state index in [9.17, 15) is 19.8 Å². The van der Waals surface area contributed by atoms with Gasteiger partial charge in [-0.2, -0.15) is 0 Å². The van der Waals surface area contributed by atoms with E-state index in [1.807, 2.05) is 0 Å². The number of nitrogens with one attached hydrogen (secondary N) is 3. The molecule has 44 heavy (non-hydrogen) atoms. The maximum Gasteiger partial charge on any atom is 0.407 e. The van der Waals surface area contributed by atoms with Crippen LogP contribution in [0.1, 0.15) is 90.4 Å². The number of nitrogens with zero attached hydrogens (tertiary/aromatic N) is 4. The molecule has 0 saturated carbocycles. The molecule has 1 spiro atoms. The van der Waals surface area contributed by atoms with Crippen LogP contribution in [0.3, 0.4) is 0 Å². The van der Waals surface area contributed by atoms with E-state index < -0.39 is 29.6 Å². The van der Waals surface area contributed by atoms with Gasteiger partial charge in [-0.25, -0.2) is 14.8 Å². The second-order valence-electron chi connectivity index (χ2n) is 13.2. The van der Waals surface area contributed by atoms with Crippen molar-refractivity contribution in [1.82, 2.24) is 20.9 Å². The van der Waals surface area contributed by atoms with Crippen LogP contribution >= 0.6 is 0 Å². The zero-order chi connectivity index (χ0) is 32.2. The summed E-state index contributed by atoms with van der Waals surface area (Å²) in [5, 5.41) is 30.0. The Balaban J connectivity index is 1.19. The van der Waals surface area contributed by atoms with Gasteiger partial charge in [-0.3, -0.25) is 4.79 Å². The summed E-state index contributed by atoms with van der Waals surface area (Å²) in [5.74, 6) is -1.86. The number of hydrogen-bond acceptors (Lipinski definition) is 11. The minimum Gasteiger partial charge on any atom is -0.447 e. The largest absolute Gasteiger partial charge is 0.447 e. The Bertz CT molecular complexity index is 1010. The third kappa shape index (κ3) is 9.58. The van der Waals surface area contributed by atoms with Crippen molar-refractivity contribution in [2.24, 2.45) is 21.5 Å². The van der Waals surface area contributed by atoms with Gasteiger partial charge in [-0.15, -0.1) is 0 Å². The molecule has 2 unspecified atom stereocenters. The highest BCUT2D eigenvalue weighted by atomic mass is 16.5. The Morgan fingerprint density at radius 2 is 1.61 bits per heavy atom. The van der Waals surface area contributed by atoms with Gasteiger partial charge in [0.1, 0.15) is 18.7 Å². The number of amides is 2. The van der Waals surface area contributed by atoms with E-state index in [2.05, 4.69) is 47.0 Å². The lowest BCUT2D eigenvalue weighted by Crippen LogP contribution is -2.76. The van der Waals surface area contributed by atoms with Crippen molar-refractivity contribution in [3.63, 3.8) is 0 Å². The molecule has 9 N–H and O–H groups in total. The highest BCUT2D eigenvalue weighted by Gasteiger charge is 2.69. The van der Waals surface area contributed by atoms with Crippen LogP contribution in [-0.4, -0.2) is 120 Å². The number of aliphatic hydroxyl groups is 2. The van der Waals surface area contributed by atoms with Crippen LogP contribution in [0.5, 0.6) is 0 Å². The van der Waals surface area contributed by atoms with Crippen LogP contribution in [0.15, 0.2) is 9.98 Å². The topological polar surface area (TPSA) is 200 Å². The lowest BCUT2D eigenvalue weighted by Gasteiger charge is -2.48. The second kappa shape index (κ2) is 16.5. The monoisotopic (exact) mass is 624 g/mol. The van der Waals surface area contributed by atoms with Crippen molar-refractivity contribution < 1.29 is 29.0 Å². The number of nitrogens with two attached hydrogens (primary N) is 2. The molecule has 3 rings (SSSR count). The van der Waals surface area contributed by atoms with Crippen LogP contribution in [0, 0.1) is 0 Å². The summed E-state index contributed by atoms with van der Waals surface area (Å²) in [4.78, 5) is 34.7. The lowest BCUT2D eigenvalue weighted by atomic mass is 9.87. The SMILES string of the molecule is CCCCCC[N+](C)(C)CCCCCC(=O)NCCCCCCNC(=O)OCC1N=C(N)N2CCC(O)(O)C23NC(N)=N[C@@H]13. The maximum atomic E-state index is 12.3. The van der Waals surface area contributed by atoms with Crippen molar-refractivity contribution >= 4 is 23.9 Å². The van der Waals surface area contributed by atoms with Gasteiger partial charge in [0, 0.05) is 32.5 Å². The molecule has 0 aromatic carbocycles. The average molecular weight is 625 g/mol. The number of guanidine groups is 2. The normalized spacial score (nSPS) is 23.7. The predicted molar refractivity (Wildman–Crippen MR) is 170 cm³/mol. The van der Waals surface area contributed by atoms with Crippen LogP contribution < -0.4 is 27.4 Å². The molecule has 0 radical (unpaired) electrons. The Labute approximate surface area is 262 Å². The molecule has 3 aliphatic rings. The number of alkyl carbamates (subject to hydrolysis) is 1. The zero-order valence-corrected chi connectivity index (χ0v) is 27.2. The number of aliphatic imine (C=N–C) groups is 2. The Hall–Kier alpha value is -2.84. The van der Waals surface area contributed by atoms with E-state index in [-0.39, 0.29) is 37.4 Å². The van der Waals surface area contributed by atoms with Crippen LogP contribution in [-0.2, 0) is 9.53 Å². The molecule has 3 atom stereocenters. The quantitative estimate of drug-likeness (QED) is 0.0578. The fourth-order valence-corrected chi connectivity index (χ4v) is 6.46. The van der Waals surface area contributed by atoms with Crippen LogP contribution in [0.4, 0.5) is 4.79 Å². The van der Waals surface area contributed by atoms with E-state index in [1.165, 1.54) is 38.8 Å². The molecule has 0 aromatic rings. The van der Waals surface area contributed by atoms with Crippen molar-refractivity contribution in [3.05, 3.63) is 0 Å². The predicted octanol–water partition coefficient (Wildman–Crippen LogP) is 0.673. The number of hydrogen-bond donors (Lipinski definition) is 7. The van der Waals surface area contributed by atoms with Gasteiger partial charge in [-0.05, 0) is 44.9 Å². The summed E-state index contributed by atoms with van der Waals surface area (Å²) in [6.07, 6.45) is 12.0.